The lowest BCUT2D eigenvalue weighted by molar-refractivity contribution is 0.292. The SMILES string of the molecule is CN(CC(C)(C)CN)S(=O)(=O)c1cccc(S(N)(=O)=O)c1. The molecule has 0 heterocycles. The molecular formula is C12H21N3O4S2. The highest BCUT2D eigenvalue weighted by molar-refractivity contribution is 7.90. The second-order valence-corrected chi connectivity index (χ2v) is 9.26. The van der Waals surface area contributed by atoms with Crippen LogP contribution in [0.25, 0.3) is 0 Å². The number of hydrogen-bond acceptors (Lipinski definition) is 5. The summed E-state index contributed by atoms with van der Waals surface area (Å²) in [7, 11) is -6.33. The summed E-state index contributed by atoms with van der Waals surface area (Å²) in [5.74, 6) is 0. The van der Waals surface area contributed by atoms with E-state index in [1.165, 1.54) is 25.2 Å². The van der Waals surface area contributed by atoms with E-state index in [0.717, 1.165) is 10.4 Å². The Morgan fingerprint density at radius 1 is 1.14 bits per heavy atom. The van der Waals surface area contributed by atoms with E-state index in [9.17, 15) is 16.8 Å². The molecule has 0 radical (unpaired) electrons. The molecular weight excluding hydrogens is 314 g/mol. The van der Waals surface area contributed by atoms with Gasteiger partial charge in [-0.05, 0) is 30.2 Å². The zero-order valence-electron chi connectivity index (χ0n) is 12.3. The highest BCUT2D eigenvalue weighted by Gasteiger charge is 2.27. The van der Waals surface area contributed by atoms with Gasteiger partial charge in [0.05, 0.1) is 9.79 Å². The van der Waals surface area contributed by atoms with Gasteiger partial charge in [0.15, 0.2) is 0 Å². The third kappa shape index (κ3) is 4.48. The Morgan fingerprint density at radius 3 is 2.14 bits per heavy atom. The van der Waals surface area contributed by atoms with Gasteiger partial charge in [-0.3, -0.25) is 0 Å². The number of rotatable bonds is 6. The number of nitrogens with zero attached hydrogens (tertiary/aromatic N) is 1. The fraction of sp³-hybridized carbons (Fsp3) is 0.500. The molecule has 7 nitrogen and oxygen atoms in total. The lowest BCUT2D eigenvalue weighted by Crippen LogP contribution is -2.39. The van der Waals surface area contributed by atoms with Crippen molar-refractivity contribution >= 4 is 20.0 Å². The van der Waals surface area contributed by atoms with Crippen molar-refractivity contribution in [1.29, 1.82) is 0 Å². The van der Waals surface area contributed by atoms with E-state index in [2.05, 4.69) is 0 Å². The molecule has 0 unspecified atom stereocenters. The Bertz CT molecular complexity index is 712. The molecule has 0 atom stereocenters. The molecule has 0 saturated carbocycles. The van der Waals surface area contributed by atoms with Crippen LogP contribution in [0.2, 0.25) is 0 Å². The van der Waals surface area contributed by atoms with Crippen LogP contribution in [0.1, 0.15) is 13.8 Å². The normalized spacial score (nSPS) is 13.6. The Kier molecular flexibility index (Phi) is 5.17. The van der Waals surface area contributed by atoms with Crippen molar-refractivity contribution in [1.82, 2.24) is 4.31 Å². The highest BCUT2D eigenvalue weighted by Crippen LogP contribution is 2.22. The third-order valence-electron chi connectivity index (χ3n) is 3.05. The molecule has 21 heavy (non-hydrogen) atoms. The van der Waals surface area contributed by atoms with E-state index < -0.39 is 20.0 Å². The van der Waals surface area contributed by atoms with Crippen LogP contribution < -0.4 is 10.9 Å². The van der Waals surface area contributed by atoms with E-state index >= 15 is 0 Å². The smallest absolute Gasteiger partial charge is 0.242 e. The first-order valence-electron chi connectivity index (χ1n) is 6.19. The number of primary sulfonamides is 1. The quantitative estimate of drug-likeness (QED) is 0.753. The fourth-order valence-electron chi connectivity index (χ4n) is 1.74. The molecule has 1 aromatic rings. The zero-order chi connectivity index (χ0) is 16.5. The molecule has 9 heteroatoms. The maximum Gasteiger partial charge on any atom is 0.242 e. The van der Waals surface area contributed by atoms with Crippen molar-refractivity contribution in [2.75, 3.05) is 20.1 Å². The van der Waals surface area contributed by atoms with Crippen LogP contribution in [0.3, 0.4) is 0 Å². The Balaban J connectivity index is 3.20. The van der Waals surface area contributed by atoms with E-state index in [4.69, 9.17) is 10.9 Å². The Hall–Kier alpha value is -1.00. The summed E-state index contributed by atoms with van der Waals surface area (Å²) < 4.78 is 48.7. The summed E-state index contributed by atoms with van der Waals surface area (Å²) in [6.45, 7) is 4.23. The summed E-state index contributed by atoms with van der Waals surface area (Å²) in [4.78, 5) is -0.362. The van der Waals surface area contributed by atoms with Gasteiger partial charge in [-0.15, -0.1) is 0 Å². The molecule has 0 aliphatic heterocycles. The Morgan fingerprint density at radius 2 is 1.67 bits per heavy atom. The van der Waals surface area contributed by atoms with Crippen LogP contribution in [0.15, 0.2) is 34.1 Å². The number of benzene rings is 1. The topological polar surface area (TPSA) is 124 Å². The molecule has 0 amide bonds. The summed E-state index contributed by atoms with van der Waals surface area (Å²) in [5.41, 5.74) is 5.21. The standard InChI is InChI=1S/C12H21N3O4S2/c1-12(2,8-13)9-15(3)21(18,19)11-6-4-5-10(7-11)20(14,16)17/h4-7H,8-9,13H2,1-3H3,(H2,14,16,17). The molecule has 0 aliphatic carbocycles. The summed E-state index contributed by atoms with van der Waals surface area (Å²) >= 11 is 0. The van der Waals surface area contributed by atoms with Crippen molar-refractivity contribution in [3.8, 4) is 0 Å². The monoisotopic (exact) mass is 335 g/mol. The second kappa shape index (κ2) is 6.01. The lowest BCUT2D eigenvalue weighted by atomic mass is 9.94. The molecule has 0 aliphatic rings. The lowest BCUT2D eigenvalue weighted by Gasteiger charge is -2.28. The Labute approximate surface area is 126 Å². The van der Waals surface area contributed by atoms with E-state index in [0.29, 0.717) is 6.54 Å². The number of hydrogen-bond donors (Lipinski definition) is 2. The number of nitrogens with two attached hydrogens (primary N) is 2. The van der Waals surface area contributed by atoms with Gasteiger partial charge in [0.1, 0.15) is 0 Å². The van der Waals surface area contributed by atoms with E-state index in [1.807, 2.05) is 13.8 Å². The van der Waals surface area contributed by atoms with E-state index in [1.54, 1.807) is 0 Å². The average Bonchev–Trinajstić information content (AvgIpc) is 2.37. The molecule has 0 aromatic heterocycles. The first kappa shape index (κ1) is 18.1. The predicted octanol–water partition coefficient (Wildman–Crippen LogP) is -0.0606. The largest absolute Gasteiger partial charge is 0.330 e. The maximum absolute atomic E-state index is 12.5. The molecule has 0 bridgehead atoms. The van der Waals surface area contributed by atoms with Crippen LogP contribution >= 0.6 is 0 Å². The highest BCUT2D eigenvalue weighted by atomic mass is 32.2. The summed E-state index contributed by atoms with van der Waals surface area (Å²) in [6, 6.07) is 4.97. The van der Waals surface area contributed by atoms with Crippen LogP contribution in [-0.2, 0) is 20.0 Å². The number of sulfonamides is 2. The van der Waals surface area contributed by atoms with Gasteiger partial charge in [0.2, 0.25) is 20.0 Å². The van der Waals surface area contributed by atoms with Crippen molar-refractivity contribution in [2.24, 2.45) is 16.3 Å². The van der Waals surface area contributed by atoms with Gasteiger partial charge in [-0.25, -0.2) is 26.3 Å². The van der Waals surface area contributed by atoms with Crippen molar-refractivity contribution in [3.63, 3.8) is 0 Å². The minimum absolute atomic E-state index is 0.121. The summed E-state index contributed by atoms with van der Waals surface area (Å²) in [5, 5.41) is 5.02. The first-order valence-corrected chi connectivity index (χ1v) is 9.18. The van der Waals surface area contributed by atoms with Gasteiger partial charge in [-0.1, -0.05) is 19.9 Å². The first-order chi connectivity index (χ1) is 9.40. The fourth-order valence-corrected chi connectivity index (χ4v) is 3.78. The molecule has 0 saturated heterocycles. The molecule has 1 rings (SSSR count). The van der Waals surface area contributed by atoms with Gasteiger partial charge in [-0.2, -0.15) is 0 Å². The van der Waals surface area contributed by atoms with Crippen LogP contribution in [0.5, 0.6) is 0 Å². The van der Waals surface area contributed by atoms with Gasteiger partial charge >= 0.3 is 0 Å². The van der Waals surface area contributed by atoms with E-state index in [-0.39, 0.29) is 21.8 Å². The van der Waals surface area contributed by atoms with Gasteiger partial charge in [0, 0.05) is 13.6 Å². The van der Waals surface area contributed by atoms with Crippen LogP contribution in [0, 0.1) is 5.41 Å². The van der Waals surface area contributed by atoms with Crippen molar-refractivity contribution in [3.05, 3.63) is 24.3 Å². The van der Waals surface area contributed by atoms with Crippen LogP contribution in [-0.4, -0.2) is 41.3 Å². The molecule has 0 fully saturated rings. The third-order valence-corrected chi connectivity index (χ3v) is 5.76. The average molecular weight is 335 g/mol. The minimum atomic E-state index is -3.95. The van der Waals surface area contributed by atoms with Crippen molar-refractivity contribution in [2.45, 2.75) is 23.6 Å². The van der Waals surface area contributed by atoms with Gasteiger partial charge < -0.3 is 5.73 Å². The molecule has 4 N–H and O–H groups in total. The van der Waals surface area contributed by atoms with Crippen LogP contribution in [0.4, 0.5) is 0 Å². The predicted molar refractivity (Wildman–Crippen MR) is 80.5 cm³/mol. The zero-order valence-corrected chi connectivity index (χ0v) is 13.9. The second-order valence-electron chi connectivity index (χ2n) is 5.65. The van der Waals surface area contributed by atoms with Gasteiger partial charge in [0.25, 0.3) is 0 Å². The molecule has 0 spiro atoms. The van der Waals surface area contributed by atoms with Crippen molar-refractivity contribution < 1.29 is 16.8 Å². The summed E-state index contributed by atoms with van der Waals surface area (Å²) in [6.07, 6.45) is 0. The maximum atomic E-state index is 12.5. The minimum Gasteiger partial charge on any atom is -0.330 e. The molecule has 120 valence electrons. The molecule has 1 aromatic carbocycles.